The molecule has 0 aliphatic rings. The maximum Gasteiger partial charge on any atom is 0.244 e. The van der Waals surface area contributed by atoms with E-state index >= 15 is 0 Å². The molecular weight excluding hydrogens is 390 g/mol. The fourth-order valence-electron chi connectivity index (χ4n) is 3.47. The summed E-state index contributed by atoms with van der Waals surface area (Å²) in [7, 11) is -3.82. The molecule has 1 aromatic heterocycles. The summed E-state index contributed by atoms with van der Waals surface area (Å²) >= 11 is 0. The zero-order chi connectivity index (χ0) is 21.6. The second-order valence-electron chi connectivity index (χ2n) is 7.50. The third-order valence-electron chi connectivity index (χ3n) is 4.68. The predicted molar refractivity (Wildman–Crippen MR) is 113 cm³/mol. The number of sulfonamides is 1. The molecule has 0 saturated carbocycles. The lowest BCUT2D eigenvalue weighted by molar-refractivity contribution is -0.116. The van der Waals surface area contributed by atoms with E-state index in [1.807, 2.05) is 19.1 Å². The normalized spacial score (nSPS) is 11.8. The molecule has 0 saturated heterocycles. The van der Waals surface area contributed by atoms with E-state index in [1.165, 1.54) is 4.31 Å². The molecule has 0 fully saturated rings. The summed E-state index contributed by atoms with van der Waals surface area (Å²) < 4.78 is 33.1. The van der Waals surface area contributed by atoms with Crippen LogP contribution in [-0.2, 0) is 14.8 Å². The van der Waals surface area contributed by atoms with Crippen molar-refractivity contribution in [1.29, 1.82) is 0 Å². The molecule has 0 aliphatic carbocycles. The van der Waals surface area contributed by atoms with E-state index in [4.69, 9.17) is 4.52 Å². The minimum absolute atomic E-state index is 0.271. The molecule has 1 amide bonds. The van der Waals surface area contributed by atoms with Gasteiger partial charge in [-0.15, -0.1) is 0 Å². The molecule has 1 aromatic carbocycles. The van der Waals surface area contributed by atoms with Crippen molar-refractivity contribution in [1.82, 2.24) is 9.46 Å². The second-order valence-corrected chi connectivity index (χ2v) is 9.37. The van der Waals surface area contributed by atoms with Gasteiger partial charge in [0.15, 0.2) is 5.82 Å². The van der Waals surface area contributed by atoms with Gasteiger partial charge in [-0.3, -0.25) is 4.79 Å². The number of nitrogens with one attached hydrogen (secondary N) is 1. The van der Waals surface area contributed by atoms with Crippen molar-refractivity contribution in [2.24, 2.45) is 0 Å². The molecule has 0 atom stereocenters. The number of hydrogen-bond donors (Lipinski definition) is 1. The van der Waals surface area contributed by atoms with Crippen LogP contribution in [0.25, 0.3) is 0 Å². The molecule has 0 unspecified atom stereocenters. The Morgan fingerprint density at radius 2 is 1.72 bits per heavy atom. The van der Waals surface area contributed by atoms with Gasteiger partial charge in [-0.05, 0) is 45.2 Å². The number of benzene rings is 1. The molecule has 2 rings (SSSR count). The Kier molecular flexibility index (Phi) is 7.98. The number of nitrogens with zero attached hydrogens (tertiary/aromatic N) is 2. The smallest absolute Gasteiger partial charge is 0.244 e. The van der Waals surface area contributed by atoms with Gasteiger partial charge in [0.2, 0.25) is 15.9 Å². The molecule has 0 radical (unpaired) electrons. The number of carbonyl (C=O) groups is 1. The zero-order valence-corrected chi connectivity index (χ0v) is 18.7. The number of unbranched alkanes of at least 4 members (excludes halogenated alkanes) is 3. The minimum Gasteiger partial charge on any atom is -0.360 e. The van der Waals surface area contributed by atoms with Gasteiger partial charge in [0.25, 0.3) is 0 Å². The molecule has 8 heteroatoms. The maximum atomic E-state index is 13.5. The van der Waals surface area contributed by atoms with Crippen LogP contribution < -0.4 is 5.32 Å². The topological polar surface area (TPSA) is 92.5 Å². The van der Waals surface area contributed by atoms with Crippen molar-refractivity contribution < 1.29 is 17.7 Å². The molecule has 29 heavy (non-hydrogen) atoms. The lowest BCUT2D eigenvalue weighted by Crippen LogP contribution is -2.39. The Labute approximate surface area is 173 Å². The number of amides is 1. The number of carbonyl (C=O) groups excluding carboxylic acids is 1. The van der Waals surface area contributed by atoms with Crippen molar-refractivity contribution in [3.8, 4) is 0 Å². The molecule has 0 spiro atoms. The third-order valence-corrected chi connectivity index (χ3v) is 6.83. The first-order chi connectivity index (χ1) is 13.6. The largest absolute Gasteiger partial charge is 0.360 e. The van der Waals surface area contributed by atoms with Crippen LogP contribution in [0.3, 0.4) is 0 Å². The van der Waals surface area contributed by atoms with Gasteiger partial charge in [-0.25, -0.2) is 8.42 Å². The summed E-state index contributed by atoms with van der Waals surface area (Å²) in [5, 5.41) is 6.34. The Balaban J connectivity index is 2.27. The van der Waals surface area contributed by atoms with Gasteiger partial charge in [0.1, 0.15) is 5.76 Å². The number of rotatable bonds is 10. The first kappa shape index (κ1) is 23.1. The average molecular weight is 422 g/mol. The van der Waals surface area contributed by atoms with Crippen LogP contribution in [0.2, 0.25) is 0 Å². The van der Waals surface area contributed by atoms with Crippen molar-refractivity contribution in [2.75, 3.05) is 18.4 Å². The van der Waals surface area contributed by atoms with Gasteiger partial charge in [0.05, 0.1) is 11.4 Å². The SMILES string of the molecule is CCCCCCN(CC(=O)Nc1cc(C)on1)S(=O)(=O)c1c(C)cc(C)cc1C. The highest BCUT2D eigenvalue weighted by Crippen LogP contribution is 2.26. The Morgan fingerprint density at radius 3 is 2.28 bits per heavy atom. The van der Waals surface area contributed by atoms with E-state index < -0.39 is 15.9 Å². The molecule has 1 heterocycles. The lowest BCUT2D eigenvalue weighted by Gasteiger charge is -2.24. The summed E-state index contributed by atoms with van der Waals surface area (Å²) in [5.41, 5.74) is 2.38. The quantitative estimate of drug-likeness (QED) is 0.583. The van der Waals surface area contributed by atoms with E-state index in [2.05, 4.69) is 17.4 Å². The first-order valence-electron chi connectivity index (χ1n) is 9.96. The maximum absolute atomic E-state index is 13.5. The second kappa shape index (κ2) is 10.0. The van der Waals surface area contributed by atoms with Crippen LogP contribution in [0.5, 0.6) is 0 Å². The summed E-state index contributed by atoms with van der Waals surface area (Å²) in [6, 6.07) is 5.30. The highest BCUT2D eigenvalue weighted by atomic mass is 32.2. The van der Waals surface area contributed by atoms with Crippen LogP contribution in [0.4, 0.5) is 5.82 Å². The van der Waals surface area contributed by atoms with E-state index in [-0.39, 0.29) is 17.3 Å². The summed E-state index contributed by atoms with van der Waals surface area (Å²) in [4.78, 5) is 12.8. The van der Waals surface area contributed by atoms with E-state index in [0.29, 0.717) is 29.9 Å². The summed E-state index contributed by atoms with van der Waals surface area (Å²) in [6.45, 7) is 9.36. The molecular formula is C21H31N3O4S. The van der Waals surface area contributed by atoms with Crippen molar-refractivity contribution in [3.05, 3.63) is 40.6 Å². The fourth-order valence-corrected chi connectivity index (χ4v) is 5.32. The van der Waals surface area contributed by atoms with Crippen molar-refractivity contribution in [2.45, 2.75) is 65.2 Å². The van der Waals surface area contributed by atoms with Crippen molar-refractivity contribution in [3.63, 3.8) is 0 Å². The van der Waals surface area contributed by atoms with Crippen LogP contribution in [0.1, 0.15) is 55.1 Å². The van der Waals surface area contributed by atoms with Gasteiger partial charge in [-0.1, -0.05) is 49.0 Å². The van der Waals surface area contributed by atoms with Crippen LogP contribution in [0, 0.1) is 27.7 Å². The molecule has 1 N–H and O–H groups in total. The summed E-state index contributed by atoms with van der Waals surface area (Å²) in [5.74, 6) is 0.397. The Morgan fingerprint density at radius 1 is 1.07 bits per heavy atom. The van der Waals surface area contributed by atoms with E-state index in [9.17, 15) is 13.2 Å². The third kappa shape index (κ3) is 6.14. The number of hydrogen-bond acceptors (Lipinski definition) is 5. The molecule has 0 bridgehead atoms. The molecule has 0 aliphatic heterocycles. The van der Waals surface area contributed by atoms with Crippen molar-refractivity contribution >= 4 is 21.7 Å². The Hall–Kier alpha value is -2.19. The molecule has 7 nitrogen and oxygen atoms in total. The minimum atomic E-state index is -3.82. The van der Waals surface area contributed by atoms with Crippen LogP contribution >= 0.6 is 0 Å². The molecule has 160 valence electrons. The van der Waals surface area contributed by atoms with Crippen LogP contribution in [0.15, 0.2) is 27.6 Å². The molecule has 2 aromatic rings. The highest BCUT2D eigenvalue weighted by molar-refractivity contribution is 7.89. The fraction of sp³-hybridized carbons (Fsp3) is 0.524. The van der Waals surface area contributed by atoms with E-state index in [1.54, 1.807) is 26.8 Å². The monoisotopic (exact) mass is 421 g/mol. The standard InChI is InChI=1S/C21H31N3O4S/c1-6-7-8-9-10-24(14-20(25)22-19-13-18(5)28-23-19)29(26,27)21-16(3)11-15(2)12-17(21)4/h11-13H,6-10,14H2,1-5H3,(H,22,23,25). The Bertz CT molecular complexity index is 928. The van der Waals surface area contributed by atoms with Gasteiger partial charge < -0.3 is 9.84 Å². The predicted octanol–water partition coefficient (Wildman–Crippen LogP) is 4.12. The van der Waals surface area contributed by atoms with Crippen LogP contribution in [-0.4, -0.2) is 36.9 Å². The van der Waals surface area contributed by atoms with Gasteiger partial charge in [0, 0.05) is 12.6 Å². The van der Waals surface area contributed by atoms with Gasteiger partial charge in [-0.2, -0.15) is 4.31 Å². The number of aryl methyl sites for hydroxylation is 4. The first-order valence-corrected chi connectivity index (χ1v) is 11.4. The summed E-state index contributed by atoms with van der Waals surface area (Å²) in [6.07, 6.45) is 3.70. The number of anilines is 1. The van der Waals surface area contributed by atoms with E-state index in [0.717, 1.165) is 24.8 Å². The highest BCUT2D eigenvalue weighted by Gasteiger charge is 2.29. The average Bonchev–Trinajstić information content (AvgIpc) is 3.01. The lowest BCUT2D eigenvalue weighted by atomic mass is 10.1. The van der Waals surface area contributed by atoms with Gasteiger partial charge >= 0.3 is 0 Å². The number of aromatic nitrogens is 1. The zero-order valence-electron chi connectivity index (χ0n) is 17.9.